The van der Waals surface area contributed by atoms with Gasteiger partial charge in [0.05, 0.1) is 12.7 Å². The monoisotopic (exact) mass is 251 g/mol. The number of likely N-dealkylation sites (N-methyl/N-ethyl adjacent to an activating group) is 1. The molecule has 0 aromatic heterocycles. The fraction of sp³-hybridized carbons (Fsp3) is 1.00. The van der Waals surface area contributed by atoms with E-state index in [1.165, 1.54) is 6.26 Å². The van der Waals surface area contributed by atoms with E-state index in [4.69, 9.17) is 4.74 Å². The molecular weight excluding hydrogens is 226 g/mol. The number of rotatable bonds is 9. The van der Waals surface area contributed by atoms with Gasteiger partial charge in [-0.15, -0.1) is 0 Å². The standard InChI is InChI=1S/C11H25NO3S/c1-5-12-11(9-15-10(2)3)7-6-8-16(4,13)14/h10-12H,5-9H2,1-4H3. The Kier molecular flexibility index (Phi) is 7.97. The van der Waals surface area contributed by atoms with Crippen LogP contribution in [0, 0.1) is 0 Å². The third-order valence-electron chi connectivity index (χ3n) is 2.19. The van der Waals surface area contributed by atoms with Gasteiger partial charge in [0.15, 0.2) is 0 Å². The lowest BCUT2D eigenvalue weighted by molar-refractivity contribution is 0.0598. The highest BCUT2D eigenvalue weighted by atomic mass is 32.2. The molecule has 0 fully saturated rings. The van der Waals surface area contributed by atoms with Crippen LogP contribution in [-0.4, -0.2) is 45.7 Å². The molecule has 0 radical (unpaired) electrons. The van der Waals surface area contributed by atoms with E-state index in [9.17, 15) is 8.42 Å². The molecule has 0 aromatic carbocycles. The predicted octanol–water partition coefficient (Wildman–Crippen LogP) is 1.21. The van der Waals surface area contributed by atoms with Crippen LogP contribution in [0.5, 0.6) is 0 Å². The SMILES string of the molecule is CCNC(CCCS(C)(=O)=O)COC(C)C. The highest BCUT2D eigenvalue weighted by Gasteiger charge is 2.10. The Bertz CT molecular complexity index is 262. The van der Waals surface area contributed by atoms with Gasteiger partial charge in [-0.3, -0.25) is 0 Å². The van der Waals surface area contributed by atoms with Crippen LogP contribution in [0.25, 0.3) is 0 Å². The largest absolute Gasteiger partial charge is 0.377 e. The Morgan fingerprint density at radius 3 is 2.38 bits per heavy atom. The third-order valence-corrected chi connectivity index (χ3v) is 3.22. The van der Waals surface area contributed by atoms with Crippen LogP contribution < -0.4 is 5.32 Å². The minimum absolute atomic E-state index is 0.219. The summed E-state index contributed by atoms with van der Waals surface area (Å²) < 4.78 is 27.5. The first-order chi connectivity index (χ1) is 7.35. The Hall–Kier alpha value is -0.130. The van der Waals surface area contributed by atoms with Gasteiger partial charge in [-0.25, -0.2) is 8.42 Å². The summed E-state index contributed by atoms with van der Waals surface area (Å²) in [5.74, 6) is 0.260. The van der Waals surface area contributed by atoms with Crippen LogP contribution in [0.2, 0.25) is 0 Å². The van der Waals surface area contributed by atoms with E-state index >= 15 is 0 Å². The molecule has 1 N–H and O–H groups in total. The average Bonchev–Trinajstić information content (AvgIpc) is 2.12. The van der Waals surface area contributed by atoms with Crippen LogP contribution in [-0.2, 0) is 14.6 Å². The van der Waals surface area contributed by atoms with Gasteiger partial charge in [0.25, 0.3) is 0 Å². The topological polar surface area (TPSA) is 55.4 Å². The molecule has 1 unspecified atom stereocenters. The second-order valence-corrected chi connectivity index (χ2v) is 6.67. The average molecular weight is 251 g/mol. The van der Waals surface area contributed by atoms with Crippen molar-refractivity contribution < 1.29 is 13.2 Å². The van der Waals surface area contributed by atoms with Crippen molar-refractivity contribution >= 4 is 9.84 Å². The first kappa shape index (κ1) is 15.9. The molecule has 5 heteroatoms. The molecule has 0 aromatic rings. The van der Waals surface area contributed by atoms with Crippen molar-refractivity contribution in [2.75, 3.05) is 25.2 Å². The number of sulfone groups is 1. The maximum Gasteiger partial charge on any atom is 0.147 e. The van der Waals surface area contributed by atoms with E-state index in [2.05, 4.69) is 5.32 Å². The van der Waals surface area contributed by atoms with Crippen molar-refractivity contribution in [1.82, 2.24) is 5.32 Å². The summed E-state index contributed by atoms with van der Waals surface area (Å²) in [6.07, 6.45) is 3.03. The van der Waals surface area contributed by atoms with E-state index < -0.39 is 9.84 Å². The molecule has 98 valence electrons. The molecular formula is C11H25NO3S. The molecule has 0 heterocycles. The summed E-state index contributed by atoms with van der Waals surface area (Å²) in [6.45, 7) is 7.57. The molecule has 1 atom stereocenters. The molecule has 0 aliphatic rings. The fourth-order valence-electron chi connectivity index (χ4n) is 1.43. The number of ether oxygens (including phenoxy) is 1. The summed E-state index contributed by atoms with van der Waals surface area (Å²) in [4.78, 5) is 0. The molecule has 0 saturated heterocycles. The van der Waals surface area contributed by atoms with E-state index in [0.717, 1.165) is 13.0 Å². The summed E-state index contributed by atoms with van der Waals surface area (Å²) in [6, 6.07) is 0.258. The van der Waals surface area contributed by atoms with Gasteiger partial charge in [-0.1, -0.05) is 6.92 Å². The fourth-order valence-corrected chi connectivity index (χ4v) is 2.12. The molecule has 0 spiro atoms. The first-order valence-corrected chi connectivity index (χ1v) is 7.94. The molecule has 0 aliphatic carbocycles. The number of hydrogen-bond donors (Lipinski definition) is 1. The van der Waals surface area contributed by atoms with Gasteiger partial charge < -0.3 is 10.1 Å². The van der Waals surface area contributed by atoms with Crippen molar-refractivity contribution in [1.29, 1.82) is 0 Å². The molecule has 4 nitrogen and oxygen atoms in total. The summed E-state index contributed by atoms with van der Waals surface area (Å²) in [5, 5.41) is 3.30. The number of nitrogens with one attached hydrogen (secondary N) is 1. The quantitative estimate of drug-likeness (QED) is 0.669. The summed E-state index contributed by atoms with van der Waals surface area (Å²) in [5.41, 5.74) is 0. The molecule has 0 rings (SSSR count). The zero-order valence-corrected chi connectivity index (χ0v) is 11.6. The lowest BCUT2D eigenvalue weighted by Gasteiger charge is -2.19. The highest BCUT2D eigenvalue weighted by molar-refractivity contribution is 7.90. The van der Waals surface area contributed by atoms with E-state index in [0.29, 0.717) is 13.0 Å². The van der Waals surface area contributed by atoms with Gasteiger partial charge in [-0.05, 0) is 33.2 Å². The molecule has 0 amide bonds. The highest BCUT2D eigenvalue weighted by Crippen LogP contribution is 2.02. The third kappa shape index (κ3) is 10.4. The van der Waals surface area contributed by atoms with Crippen molar-refractivity contribution in [3.63, 3.8) is 0 Å². The Labute approximate surface area is 99.7 Å². The molecule has 0 saturated carbocycles. The van der Waals surface area contributed by atoms with Gasteiger partial charge >= 0.3 is 0 Å². The van der Waals surface area contributed by atoms with Gasteiger partial charge in [-0.2, -0.15) is 0 Å². The summed E-state index contributed by atoms with van der Waals surface area (Å²) >= 11 is 0. The van der Waals surface area contributed by atoms with Gasteiger partial charge in [0.2, 0.25) is 0 Å². The van der Waals surface area contributed by atoms with Gasteiger partial charge in [0, 0.05) is 18.1 Å². The Balaban J connectivity index is 3.84. The predicted molar refractivity (Wildman–Crippen MR) is 67.5 cm³/mol. The second-order valence-electron chi connectivity index (χ2n) is 4.41. The van der Waals surface area contributed by atoms with Gasteiger partial charge in [0.1, 0.15) is 9.84 Å². The van der Waals surface area contributed by atoms with Crippen LogP contribution in [0.3, 0.4) is 0 Å². The minimum Gasteiger partial charge on any atom is -0.377 e. The van der Waals surface area contributed by atoms with E-state index in [1.54, 1.807) is 0 Å². The van der Waals surface area contributed by atoms with Crippen molar-refractivity contribution in [3.8, 4) is 0 Å². The minimum atomic E-state index is -2.83. The smallest absolute Gasteiger partial charge is 0.147 e. The second kappa shape index (κ2) is 8.03. The number of hydrogen-bond acceptors (Lipinski definition) is 4. The van der Waals surface area contributed by atoms with Crippen LogP contribution in [0.15, 0.2) is 0 Å². The first-order valence-electron chi connectivity index (χ1n) is 5.88. The van der Waals surface area contributed by atoms with Crippen molar-refractivity contribution in [2.24, 2.45) is 0 Å². The Morgan fingerprint density at radius 2 is 1.94 bits per heavy atom. The molecule has 0 aliphatic heterocycles. The maximum atomic E-state index is 11.0. The van der Waals surface area contributed by atoms with Crippen LogP contribution in [0.1, 0.15) is 33.6 Å². The normalized spacial score (nSPS) is 14.3. The molecule has 16 heavy (non-hydrogen) atoms. The maximum absolute atomic E-state index is 11.0. The zero-order chi connectivity index (χ0) is 12.6. The lowest BCUT2D eigenvalue weighted by atomic mass is 10.2. The van der Waals surface area contributed by atoms with E-state index in [1.807, 2.05) is 20.8 Å². The van der Waals surface area contributed by atoms with E-state index in [-0.39, 0.29) is 17.9 Å². The molecule has 0 bridgehead atoms. The van der Waals surface area contributed by atoms with Crippen LogP contribution in [0.4, 0.5) is 0 Å². The lowest BCUT2D eigenvalue weighted by Crippen LogP contribution is -2.34. The summed E-state index contributed by atoms with van der Waals surface area (Å²) in [7, 11) is -2.83. The Morgan fingerprint density at radius 1 is 1.31 bits per heavy atom. The zero-order valence-electron chi connectivity index (χ0n) is 10.8. The van der Waals surface area contributed by atoms with Crippen molar-refractivity contribution in [2.45, 2.75) is 45.8 Å². The van der Waals surface area contributed by atoms with Crippen molar-refractivity contribution in [3.05, 3.63) is 0 Å². The van der Waals surface area contributed by atoms with Crippen LogP contribution >= 0.6 is 0 Å².